The fourth-order valence-corrected chi connectivity index (χ4v) is 4.49. The van der Waals surface area contributed by atoms with E-state index < -0.39 is 0 Å². The zero-order valence-corrected chi connectivity index (χ0v) is 14.8. The number of nitrogens with one attached hydrogen (secondary N) is 3. The van der Waals surface area contributed by atoms with Crippen molar-refractivity contribution in [2.75, 3.05) is 0 Å². The van der Waals surface area contributed by atoms with Crippen LogP contribution in [0.15, 0.2) is 46.9 Å². The molecule has 0 spiro atoms. The van der Waals surface area contributed by atoms with Crippen LogP contribution in [0, 0.1) is 0 Å². The zero-order chi connectivity index (χ0) is 17.6. The third-order valence-electron chi connectivity index (χ3n) is 5.15. The van der Waals surface area contributed by atoms with Crippen LogP contribution < -0.4 is 5.32 Å². The van der Waals surface area contributed by atoms with Crippen LogP contribution in [0.1, 0.15) is 20.7 Å². The molecule has 6 rings (SSSR count). The number of hydrogen-bond acceptors (Lipinski definition) is 2. The number of fused-ring (bicyclic) bond motifs is 10. The minimum Gasteiger partial charge on any atom is -0.353 e. The summed E-state index contributed by atoms with van der Waals surface area (Å²) in [5, 5.41) is 5.89. The van der Waals surface area contributed by atoms with Gasteiger partial charge in [0.15, 0.2) is 0 Å². The number of hydrogen-bond donors (Lipinski definition) is 3. The van der Waals surface area contributed by atoms with Crippen molar-refractivity contribution < 1.29 is 9.59 Å². The van der Waals surface area contributed by atoms with Crippen LogP contribution in [0.4, 0.5) is 0 Å². The van der Waals surface area contributed by atoms with E-state index in [0.29, 0.717) is 11.1 Å². The van der Waals surface area contributed by atoms with Crippen molar-refractivity contribution in [3.8, 4) is 0 Å². The predicted molar refractivity (Wildman–Crippen MR) is 105 cm³/mol. The minimum absolute atomic E-state index is 0.342. The monoisotopic (exact) mass is 403 g/mol. The highest BCUT2D eigenvalue weighted by Crippen LogP contribution is 2.42. The molecule has 0 bridgehead atoms. The number of carbonyl (C=O) groups excluding carboxylic acids is 2. The van der Waals surface area contributed by atoms with Gasteiger partial charge in [-0.2, -0.15) is 0 Å². The van der Waals surface area contributed by atoms with Crippen molar-refractivity contribution in [1.29, 1.82) is 0 Å². The van der Waals surface area contributed by atoms with Gasteiger partial charge in [-0.05, 0) is 24.3 Å². The number of halogens is 1. The lowest BCUT2D eigenvalue weighted by Crippen LogP contribution is -2.20. The summed E-state index contributed by atoms with van der Waals surface area (Å²) >= 11 is 3.50. The molecule has 0 aliphatic carbocycles. The first-order valence-electron chi connectivity index (χ1n) is 8.16. The summed E-state index contributed by atoms with van der Waals surface area (Å²) in [4.78, 5) is 32.1. The van der Waals surface area contributed by atoms with E-state index in [1.165, 1.54) is 0 Å². The topological polar surface area (TPSA) is 77.8 Å². The van der Waals surface area contributed by atoms with E-state index in [-0.39, 0.29) is 11.8 Å². The van der Waals surface area contributed by atoms with Crippen molar-refractivity contribution in [2.24, 2.45) is 0 Å². The Morgan fingerprint density at radius 1 is 0.731 bits per heavy atom. The van der Waals surface area contributed by atoms with Gasteiger partial charge in [0, 0.05) is 37.1 Å². The molecule has 2 aromatic heterocycles. The molecule has 2 amide bonds. The van der Waals surface area contributed by atoms with Gasteiger partial charge in [0.2, 0.25) is 0 Å². The van der Waals surface area contributed by atoms with E-state index in [9.17, 15) is 9.59 Å². The Labute approximate surface area is 154 Å². The second-order valence-corrected chi connectivity index (χ2v) is 7.43. The van der Waals surface area contributed by atoms with Crippen LogP contribution in [-0.2, 0) is 0 Å². The summed E-state index contributed by atoms with van der Waals surface area (Å²) in [6.45, 7) is 0. The van der Waals surface area contributed by atoms with Gasteiger partial charge in [0.05, 0.1) is 22.2 Å². The Bertz CT molecular complexity index is 1460. The fraction of sp³-hybridized carbons (Fsp3) is 0. The molecular weight excluding hydrogens is 394 g/mol. The number of imide groups is 1. The van der Waals surface area contributed by atoms with Crippen molar-refractivity contribution in [1.82, 2.24) is 15.3 Å². The van der Waals surface area contributed by atoms with Gasteiger partial charge >= 0.3 is 0 Å². The average Bonchev–Trinajstić information content (AvgIpc) is 3.26. The van der Waals surface area contributed by atoms with Gasteiger partial charge in [0.25, 0.3) is 11.8 Å². The van der Waals surface area contributed by atoms with Crippen LogP contribution in [0.25, 0.3) is 43.6 Å². The molecule has 3 N–H and O–H groups in total. The van der Waals surface area contributed by atoms with E-state index in [0.717, 1.165) is 48.1 Å². The molecule has 26 heavy (non-hydrogen) atoms. The van der Waals surface area contributed by atoms with Gasteiger partial charge in [0.1, 0.15) is 0 Å². The van der Waals surface area contributed by atoms with Crippen molar-refractivity contribution in [3.63, 3.8) is 0 Å². The van der Waals surface area contributed by atoms with E-state index in [4.69, 9.17) is 0 Å². The third-order valence-corrected chi connectivity index (χ3v) is 5.64. The molecule has 3 aromatic carbocycles. The van der Waals surface area contributed by atoms with E-state index in [1.54, 1.807) is 0 Å². The van der Waals surface area contributed by atoms with Crippen LogP contribution in [0.3, 0.4) is 0 Å². The smallest absolute Gasteiger partial charge is 0.259 e. The molecule has 0 fully saturated rings. The van der Waals surface area contributed by atoms with Crippen LogP contribution in [0.2, 0.25) is 0 Å². The summed E-state index contributed by atoms with van der Waals surface area (Å²) in [5.74, 6) is -0.686. The standard InChI is InChI=1S/C20H10BrN3O2/c21-8-5-6-12-10(7-8)14-16-15(19(25)24-20(16)26)13-9-3-1-2-4-11(9)22-17(13)18(14)23-12/h1-7,22-23H,(H,24,25,26). The Kier molecular flexibility index (Phi) is 2.46. The Morgan fingerprint density at radius 2 is 1.35 bits per heavy atom. The maximum atomic E-state index is 12.7. The molecule has 0 unspecified atom stereocenters. The SMILES string of the molecule is O=C1NC(=O)c2c1c1c3ccccc3[nH]c1c1[nH]c3ccc(Br)cc3c21. The largest absolute Gasteiger partial charge is 0.353 e. The highest BCUT2D eigenvalue weighted by Gasteiger charge is 2.34. The van der Waals surface area contributed by atoms with E-state index in [2.05, 4.69) is 31.2 Å². The highest BCUT2D eigenvalue weighted by atomic mass is 79.9. The van der Waals surface area contributed by atoms with Gasteiger partial charge in [-0.3, -0.25) is 14.9 Å². The summed E-state index contributed by atoms with van der Waals surface area (Å²) < 4.78 is 0.918. The Morgan fingerprint density at radius 3 is 2.08 bits per heavy atom. The first-order chi connectivity index (χ1) is 12.6. The number of aromatic amines is 2. The van der Waals surface area contributed by atoms with Gasteiger partial charge in [-0.25, -0.2) is 0 Å². The van der Waals surface area contributed by atoms with Crippen LogP contribution in [-0.4, -0.2) is 21.8 Å². The summed E-state index contributed by atoms with van der Waals surface area (Å²) in [6.07, 6.45) is 0. The van der Waals surface area contributed by atoms with Gasteiger partial charge in [-0.1, -0.05) is 34.1 Å². The molecule has 124 valence electrons. The maximum Gasteiger partial charge on any atom is 0.259 e. The van der Waals surface area contributed by atoms with Gasteiger partial charge < -0.3 is 9.97 Å². The molecule has 0 atom stereocenters. The lowest BCUT2D eigenvalue weighted by molar-refractivity contribution is 0.0880. The fourth-order valence-electron chi connectivity index (χ4n) is 4.13. The molecule has 0 saturated heterocycles. The van der Waals surface area contributed by atoms with Crippen LogP contribution >= 0.6 is 15.9 Å². The van der Waals surface area contributed by atoms with Crippen molar-refractivity contribution >= 4 is 71.4 Å². The molecular formula is C20H10BrN3O2. The zero-order valence-electron chi connectivity index (χ0n) is 13.2. The molecule has 0 radical (unpaired) electrons. The summed E-state index contributed by atoms with van der Waals surface area (Å²) in [6, 6.07) is 13.7. The molecule has 6 heteroatoms. The molecule has 1 aliphatic rings. The quantitative estimate of drug-likeness (QED) is 0.330. The maximum absolute atomic E-state index is 12.7. The third kappa shape index (κ3) is 1.55. The predicted octanol–water partition coefficient (Wildman–Crippen LogP) is 4.60. The first-order valence-corrected chi connectivity index (χ1v) is 8.96. The number of rotatable bonds is 0. The summed E-state index contributed by atoms with van der Waals surface area (Å²) in [5.41, 5.74) is 4.44. The minimum atomic E-state index is -0.344. The normalized spacial score (nSPS) is 14.0. The molecule has 3 heterocycles. The van der Waals surface area contributed by atoms with Gasteiger partial charge in [-0.15, -0.1) is 0 Å². The number of carbonyl (C=O) groups is 2. The number of para-hydroxylation sites is 1. The Balaban J connectivity index is 2.01. The molecule has 5 nitrogen and oxygen atoms in total. The lowest BCUT2D eigenvalue weighted by atomic mass is 9.97. The molecule has 0 saturated carbocycles. The first kappa shape index (κ1) is 14.1. The summed E-state index contributed by atoms with van der Waals surface area (Å²) in [7, 11) is 0. The highest BCUT2D eigenvalue weighted by molar-refractivity contribution is 9.10. The van der Waals surface area contributed by atoms with Crippen molar-refractivity contribution in [2.45, 2.75) is 0 Å². The van der Waals surface area contributed by atoms with E-state index in [1.807, 2.05) is 42.5 Å². The average molecular weight is 404 g/mol. The van der Waals surface area contributed by atoms with Crippen molar-refractivity contribution in [3.05, 3.63) is 58.1 Å². The molecule has 1 aliphatic heterocycles. The second-order valence-electron chi connectivity index (χ2n) is 6.52. The Hall–Kier alpha value is -3.12. The number of amides is 2. The number of benzene rings is 3. The number of H-pyrrole nitrogens is 2. The lowest BCUT2D eigenvalue weighted by Gasteiger charge is -2.03. The number of aromatic nitrogens is 2. The second kappa shape index (κ2) is 4.53. The van der Waals surface area contributed by atoms with Crippen LogP contribution in [0.5, 0.6) is 0 Å². The van der Waals surface area contributed by atoms with E-state index >= 15 is 0 Å². The molecule has 5 aromatic rings.